The summed E-state index contributed by atoms with van der Waals surface area (Å²) in [7, 11) is 0. The Bertz CT molecular complexity index is 647. The van der Waals surface area contributed by atoms with E-state index in [1.165, 1.54) is 0 Å². The molecule has 1 atom stereocenters. The first-order valence-electron chi connectivity index (χ1n) is 6.22. The van der Waals surface area contributed by atoms with Crippen LogP contribution >= 0.6 is 12.2 Å². The van der Waals surface area contributed by atoms with Crippen molar-refractivity contribution in [3.8, 4) is 11.5 Å². The van der Waals surface area contributed by atoms with Crippen LogP contribution in [0.2, 0.25) is 0 Å². The van der Waals surface area contributed by atoms with Gasteiger partial charge in [0.05, 0.1) is 0 Å². The first-order valence-corrected chi connectivity index (χ1v) is 6.63. The Hall–Kier alpha value is -1.82. The third-order valence-electron chi connectivity index (χ3n) is 3.04. The predicted octanol–water partition coefficient (Wildman–Crippen LogP) is 3.03. The van der Waals surface area contributed by atoms with Gasteiger partial charge in [0, 0.05) is 6.04 Å². The van der Waals surface area contributed by atoms with E-state index in [-0.39, 0.29) is 12.1 Å². The van der Waals surface area contributed by atoms with Gasteiger partial charge in [0.25, 0.3) is 0 Å². The van der Waals surface area contributed by atoms with Gasteiger partial charge >= 0.3 is 0 Å². The predicted molar refractivity (Wildman–Crippen MR) is 73.1 cm³/mol. The van der Waals surface area contributed by atoms with E-state index in [0.717, 1.165) is 17.3 Å². The molecule has 1 aromatic carbocycles. The Morgan fingerprint density at radius 2 is 2.11 bits per heavy atom. The van der Waals surface area contributed by atoms with Gasteiger partial charge in [-0.3, -0.25) is 9.67 Å². The Morgan fingerprint density at radius 3 is 2.84 bits per heavy atom. The summed E-state index contributed by atoms with van der Waals surface area (Å²) in [6.07, 6.45) is -0.245. The Labute approximate surface area is 116 Å². The van der Waals surface area contributed by atoms with Gasteiger partial charge in [-0.15, -0.1) is 0 Å². The summed E-state index contributed by atoms with van der Waals surface area (Å²) in [5.41, 5.74) is 0. The zero-order valence-corrected chi connectivity index (χ0v) is 11.6. The SMILES string of the molecule is CC(C)n1c([C@@H]2COc3ccccc3O2)n[nH]c1=S. The Balaban J connectivity index is 1.96. The molecule has 0 radical (unpaired) electrons. The monoisotopic (exact) mass is 277 g/mol. The molecular weight excluding hydrogens is 262 g/mol. The zero-order chi connectivity index (χ0) is 13.4. The minimum Gasteiger partial charge on any atom is -0.485 e. The van der Waals surface area contributed by atoms with Gasteiger partial charge in [-0.25, -0.2) is 0 Å². The summed E-state index contributed by atoms with van der Waals surface area (Å²) in [6.45, 7) is 4.56. The molecule has 3 rings (SSSR count). The van der Waals surface area contributed by atoms with Gasteiger partial charge in [-0.1, -0.05) is 12.1 Å². The molecule has 0 saturated heterocycles. The molecule has 19 heavy (non-hydrogen) atoms. The molecule has 5 nitrogen and oxygen atoms in total. The highest BCUT2D eigenvalue weighted by Gasteiger charge is 2.27. The van der Waals surface area contributed by atoms with Crippen LogP contribution in [0.4, 0.5) is 0 Å². The number of ether oxygens (including phenoxy) is 2. The van der Waals surface area contributed by atoms with Gasteiger partial charge in [0.2, 0.25) is 0 Å². The van der Waals surface area contributed by atoms with Crippen LogP contribution in [0.5, 0.6) is 11.5 Å². The lowest BCUT2D eigenvalue weighted by Gasteiger charge is -2.26. The van der Waals surface area contributed by atoms with Crippen molar-refractivity contribution in [2.75, 3.05) is 6.61 Å². The van der Waals surface area contributed by atoms with E-state index in [0.29, 0.717) is 11.4 Å². The third-order valence-corrected chi connectivity index (χ3v) is 3.33. The van der Waals surface area contributed by atoms with E-state index >= 15 is 0 Å². The maximum atomic E-state index is 5.95. The number of fused-ring (bicyclic) bond motifs is 1. The van der Waals surface area contributed by atoms with Gasteiger partial charge in [-0.05, 0) is 38.2 Å². The van der Waals surface area contributed by atoms with Crippen molar-refractivity contribution in [3.63, 3.8) is 0 Å². The third kappa shape index (κ3) is 2.12. The number of nitrogens with zero attached hydrogens (tertiary/aromatic N) is 2. The number of rotatable bonds is 2. The van der Waals surface area contributed by atoms with Crippen LogP contribution < -0.4 is 9.47 Å². The number of aromatic amines is 1. The maximum absolute atomic E-state index is 5.95. The lowest BCUT2D eigenvalue weighted by Crippen LogP contribution is -2.25. The molecule has 0 amide bonds. The standard InChI is InChI=1S/C13H15N3O2S/c1-8(2)16-12(14-15-13(16)19)11-7-17-9-5-3-4-6-10(9)18-11/h3-6,8,11H,7H2,1-2H3,(H,15,19)/t11-/m0/s1. The molecular formula is C13H15N3O2S. The fraction of sp³-hybridized carbons (Fsp3) is 0.385. The second kappa shape index (κ2) is 4.70. The van der Waals surface area contributed by atoms with E-state index in [4.69, 9.17) is 21.7 Å². The highest BCUT2D eigenvalue weighted by Crippen LogP contribution is 2.35. The fourth-order valence-corrected chi connectivity index (χ4v) is 2.54. The number of H-pyrrole nitrogens is 1. The molecule has 0 spiro atoms. The minimum atomic E-state index is -0.245. The van der Waals surface area contributed by atoms with Crippen molar-refractivity contribution in [2.24, 2.45) is 0 Å². The number of hydrogen-bond donors (Lipinski definition) is 1. The van der Waals surface area contributed by atoms with Gasteiger partial charge in [-0.2, -0.15) is 5.10 Å². The summed E-state index contributed by atoms with van der Waals surface area (Å²) in [5, 5.41) is 7.09. The van der Waals surface area contributed by atoms with Crippen LogP contribution in [0.3, 0.4) is 0 Å². The lowest BCUT2D eigenvalue weighted by atomic mass is 10.2. The smallest absolute Gasteiger partial charge is 0.195 e. The summed E-state index contributed by atoms with van der Waals surface area (Å²) in [6, 6.07) is 7.85. The molecule has 1 N–H and O–H groups in total. The molecule has 1 aromatic heterocycles. The van der Waals surface area contributed by atoms with Crippen molar-refractivity contribution < 1.29 is 9.47 Å². The second-order valence-electron chi connectivity index (χ2n) is 4.71. The van der Waals surface area contributed by atoms with Crippen LogP contribution in [-0.2, 0) is 0 Å². The molecule has 0 fully saturated rings. The molecule has 1 aliphatic rings. The molecule has 2 aromatic rings. The highest BCUT2D eigenvalue weighted by atomic mass is 32.1. The van der Waals surface area contributed by atoms with Crippen LogP contribution in [0.1, 0.15) is 31.8 Å². The molecule has 0 unspecified atom stereocenters. The van der Waals surface area contributed by atoms with Crippen molar-refractivity contribution in [2.45, 2.75) is 26.0 Å². The van der Waals surface area contributed by atoms with Crippen LogP contribution in [0.25, 0.3) is 0 Å². The van der Waals surface area contributed by atoms with E-state index in [9.17, 15) is 0 Å². The van der Waals surface area contributed by atoms with Crippen molar-refractivity contribution in [1.29, 1.82) is 0 Å². The quantitative estimate of drug-likeness (QED) is 0.857. The molecule has 1 aliphatic heterocycles. The summed E-state index contributed by atoms with van der Waals surface area (Å²) >= 11 is 5.24. The van der Waals surface area contributed by atoms with E-state index in [2.05, 4.69) is 24.0 Å². The minimum absolute atomic E-state index is 0.224. The second-order valence-corrected chi connectivity index (χ2v) is 5.10. The molecule has 100 valence electrons. The number of para-hydroxylation sites is 2. The van der Waals surface area contributed by atoms with Crippen LogP contribution in [-0.4, -0.2) is 21.4 Å². The zero-order valence-electron chi connectivity index (χ0n) is 10.8. The first-order chi connectivity index (χ1) is 9.16. The average molecular weight is 277 g/mol. The number of hydrogen-bond acceptors (Lipinski definition) is 4. The number of aromatic nitrogens is 3. The lowest BCUT2D eigenvalue weighted by molar-refractivity contribution is 0.0813. The Kier molecular flexibility index (Phi) is 3.02. The van der Waals surface area contributed by atoms with Gasteiger partial charge < -0.3 is 9.47 Å². The van der Waals surface area contributed by atoms with Gasteiger partial charge in [0.1, 0.15) is 6.61 Å². The van der Waals surface area contributed by atoms with E-state index in [1.54, 1.807) is 0 Å². The summed E-state index contributed by atoms with van der Waals surface area (Å²) in [4.78, 5) is 0. The van der Waals surface area contributed by atoms with Crippen LogP contribution in [0.15, 0.2) is 24.3 Å². The molecule has 0 saturated carbocycles. The van der Waals surface area contributed by atoms with E-state index < -0.39 is 0 Å². The highest BCUT2D eigenvalue weighted by molar-refractivity contribution is 7.71. The maximum Gasteiger partial charge on any atom is 0.195 e. The van der Waals surface area contributed by atoms with Crippen molar-refractivity contribution in [3.05, 3.63) is 34.9 Å². The normalized spacial score (nSPS) is 17.7. The molecule has 2 heterocycles. The topological polar surface area (TPSA) is 52.1 Å². The summed E-state index contributed by atoms with van der Waals surface area (Å²) < 4.78 is 14.2. The number of nitrogens with one attached hydrogen (secondary N) is 1. The largest absolute Gasteiger partial charge is 0.485 e. The van der Waals surface area contributed by atoms with E-state index in [1.807, 2.05) is 28.8 Å². The molecule has 0 bridgehead atoms. The Morgan fingerprint density at radius 1 is 1.37 bits per heavy atom. The number of benzene rings is 1. The van der Waals surface area contributed by atoms with Crippen LogP contribution in [0, 0.1) is 4.77 Å². The fourth-order valence-electron chi connectivity index (χ4n) is 2.19. The van der Waals surface area contributed by atoms with Crippen molar-refractivity contribution in [1.82, 2.24) is 14.8 Å². The van der Waals surface area contributed by atoms with Crippen molar-refractivity contribution >= 4 is 12.2 Å². The average Bonchev–Trinajstić information content (AvgIpc) is 2.80. The first kappa shape index (κ1) is 12.2. The summed E-state index contributed by atoms with van der Waals surface area (Å²) in [5.74, 6) is 2.28. The van der Waals surface area contributed by atoms with Gasteiger partial charge in [0.15, 0.2) is 28.2 Å². The molecule has 0 aliphatic carbocycles. The molecule has 6 heteroatoms.